The monoisotopic (exact) mass is 834 g/mol. The van der Waals surface area contributed by atoms with Crippen LogP contribution in [-0.4, -0.2) is 48.4 Å². The summed E-state index contributed by atoms with van der Waals surface area (Å²) in [7, 11) is 0. The third kappa shape index (κ3) is 15.2. The molecule has 324 valence electrons. The molecule has 1 atom stereocenters. The number of benzene rings is 2. The minimum atomic E-state index is -0.413. The van der Waals surface area contributed by atoms with Crippen LogP contribution >= 0.6 is 11.6 Å². The SMILES string of the molecule is C=C(/C=C\N=C(CC1CCC(CC2CCC=C(CCC3CCN(CC(=O)OC(C)(C)C)CC3)CC2)CC1)C(=C)C)COc1ccc(C(C)(C)c2cc(Cl)cc(C#N)c2)cc1. The van der Waals surface area contributed by atoms with Crippen LogP contribution in [0.2, 0.25) is 5.02 Å². The minimum absolute atomic E-state index is 0.0983. The summed E-state index contributed by atoms with van der Waals surface area (Å²) >= 11 is 6.30. The number of rotatable bonds is 17. The van der Waals surface area contributed by atoms with Gasteiger partial charge in [0.25, 0.3) is 0 Å². The predicted octanol–water partition coefficient (Wildman–Crippen LogP) is 13.5. The first-order valence-electron chi connectivity index (χ1n) is 22.7. The highest BCUT2D eigenvalue weighted by molar-refractivity contribution is 6.30. The fraction of sp³-hybridized carbons (Fsp3) is 0.566. The Hall–Kier alpha value is -3.92. The molecule has 0 radical (unpaired) electrons. The fourth-order valence-corrected chi connectivity index (χ4v) is 9.60. The largest absolute Gasteiger partial charge is 0.489 e. The maximum absolute atomic E-state index is 12.3. The normalized spacial score (nSPS) is 21.2. The zero-order valence-electron chi connectivity index (χ0n) is 37.7. The van der Waals surface area contributed by atoms with Crippen molar-refractivity contribution in [3.63, 3.8) is 0 Å². The summed E-state index contributed by atoms with van der Waals surface area (Å²) in [6.07, 6.45) is 24.2. The molecule has 5 rings (SSSR count). The van der Waals surface area contributed by atoms with E-state index in [0.717, 1.165) is 71.0 Å². The molecule has 60 heavy (non-hydrogen) atoms. The Balaban J connectivity index is 0.975. The van der Waals surface area contributed by atoms with Gasteiger partial charge in [-0.15, -0.1) is 0 Å². The van der Waals surface area contributed by atoms with Crippen LogP contribution in [0.5, 0.6) is 5.75 Å². The first-order valence-corrected chi connectivity index (χ1v) is 23.1. The number of nitriles is 1. The van der Waals surface area contributed by atoms with E-state index in [9.17, 15) is 10.1 Å². The van der Waals surface area contributed by atoms with Crippen molar-refractivity contribution in [3.05, 3.63) is 112 Å². The molecule has 1 heterocycles. The number of allylic oxidation sites excluding steroid dienone is 3. The molecule has 0 spiro atoms. The van der Waals surface area contributed by atoms with Crippen LogP contribution in [-0.2, 0) is 14.9 Å². The molecule has 1 saturated heterocycles. The maximum Gasteiger partial charge on any atom is 0.320 e. The number of piperidine rings is 1. The van der Waals surface area contributed by atoms with Gasteiger partial charge >= 0.3 is 5.97 Å². The van der Waals surface area contributed by atoms with E-state index in [1.165, 1.54) is 83.5 Å². The summed E-state index contributed by atoms with van der Waals surface area (Å²) in [5.41, 5.74) is 6.60. The smallest absolute Gasteiger partial charge is 0.320 e. The van der Waals surface area contributed by atoms with Crippen LogP contribution in [0.4, 0.5) is 0 Å². The average Bonchev–Trinajstić information content (AvgIpc) is 3.44. The predicted molar refractivity (Wildman–Crippen MR) is 250 cm³/mol. The van der Waals surface area contributed by atoms with Crippen molar-refractivity contribution in [2.45, 2.75) is 142 Å². The van der Waals surface area contributed by atoms with Crippen LogP contribution < -0.4 is 4.74 Å². The van der Waals surface area contributed by atoms with Crippen LogP contribution in [0.15, 0.2) is 95.7 Å². The van der Waals surface area contributed by atoms with E-state index in [4.69, 9.17) is 26.1 Å². The van der Waals surface area contributed by atoms with Crippen molar-refractivity contribution in [3.8, 4) is 11.8 Å². The maximum atomic E-state index is 12.3. The molecule has 0 bridgehead atoms. The summed E-state index contributed by atoms with van der Waals surface area (Å²) < 4.78 is 11.6. The van der Waals surface area contributed by atoms with Crippen molar-refractivity contribution in [1.82, 2.24) is 4.90 Å². The molecule has 3 aliphatic rings. The van der Waals surface area contributed by atoms with Gasteiger partial charge in [0.2, 0.25) is 0 Å². The van der Waals surface area contributed by atoms with Gasteiger partial charge in [-0.3, -0.25) is 14.7 Å². The van der Waals surface area contributed by atoms with E-state index in [1.54, 1.807) is 11.6 Å². The van der Waals surface area contributed by atoms with Crippen LogP contribution in [0.25, 0.3) is 0 Å². The molecule has 2 aliphatic carbocycles. The van der Waals surface area contributed by atoms with E-state index in [1.807, 2.05) is 57.3 Å². The highest BCUT2D eigenvalue weighted by Crippen LogP contribution is 2.39. The Bertz CT molecular complexity index is 1890. The molecule has 1 saturated carbocycles. The molecule has 0 aromatic heterocycles. The van der Waals surface area contributed by atoms with E-state index in [0.29, 0.717) is 29.7 Å². The van der Waals surface area contributed by atoms with E-state index < -0.39 is 5.60 Å². The number of aliphatic imine (C=N–C) groups is 1. The molecular weight excluding hydrogens is 762 g/mol. The molecule has 1 aliphatic heterocycles. The van der Waals surface area contributed by atoms with Crippen LogP contribution in [0.1, 0.15) is 148 Å². The third-order valence-corrected chi connectivity index (χ3v) is 13.4. The number of halogens is 1. The summed E-state index contributed by atoms with van der Waals surface area (Å²) in [5.74, 6) is 3.84. The number of esters is 1. The minimum Gasteiger partial charge on any atom is -0.489 e. The number of likely N-dealkylation sites (tertiary alicyclic amines) is 1. The lowest BCUT2D eigenvalue weighted by atomic mass is 9.75. The number of carbonyl (C=O) groups excluding carboxylic acids is 1. The number of hydrogen-bond donors (Lipinski definition) is 0. The number of hydrogen-bond acceptors (Lipinski definition) is 6. The fourth-order valence-electron chi connectivity index (χ4n) is 9.36. The van der Waals surface area contributed by atoms with Gasteiger partial charge in [-0.2, -0.15) is 5.26 Å². The quantitative estimate of drug-likeness (QED) is 0.0687. The van der Waals surface area contributed by atoms with Crippen molar-refractivity contribution in [2.75, 3.05) is 26.2 Å². The van der Waals surface area contributed by atoms with Gasteiger partial charge in [-0.1, -0.05) is 75.2 Å². The lowest BCUT2D eigenvalue weighted by Gasteiger charge is -2.32. The van der Waals surface area contributed by atoms with Crippen LogP contribution in [0.3, 0.4) is 0 Å². The molecule has 2 aromatic rings. The Kier molecular flexibility index (Phi) is 17.5. The molecule has 1 unspecified atom stereocenters. The highest BCUT2D eigenvalue weighted by Gasteiger charge is 2.28. The molecule has 0 amide bonds. The van der Waals surface area contributed by atoms with Crippen molar-refractivity contribution < 1.29 is 14.3 Å². The topological polar surface area (TPSA) is 74.9 Å². The molecule has 2 aromatic carbocycles. The van der Waals surface area contributed by atoms with Gasteiger partial charge in [0, 0.05) is 22.3 Å². The highest BCUT2D eigenvalue weighted by atomic mass is 35.5. The summed E-state index contributed by atoms with van der Waals surface area (Å²) in [6.45, 7) is 23.4. The Labute approximate surface area is 367 Å². The second-order valence-corrected chi connectivity index (χ2v) is 20.1. The molecule has 6 nitrogen and oxygen atoms in total. The first-order chi connectivity index (χ1) is 28.6. The molecule has 2 fully saturated rings. The third-order valence-electron chi connectivity index (χ3n) is 13.1. The first kappa shape index (κ1) is 47.1. The lowest BCUT2D eigenvalue weighted by molar-refractivity contribution is -0.156. The van der Waals surface area contributed by atoms with Gasteiger partial charge in [0.05, 0.1) is 18.2 Å². The van der Waals surface area contributed by atoms with Crippen molar-refractivity contribution in [1.29, 1.82) is 5.26 Å². The average molecular weight is 835 g/mol. The van der Waals surface area contributed by atoms with Gasteiger partial charge < -0.3 is 9.47 Å². The number of carbonyl (C=O) groups is 1. The van der Waals surface area contributed by atoms with Gasteiger partial charge in [-0.25, -0.2) is 0 Å². The Morgan fingerprint density at radius 3 is 2.27 bits per heavy atom. The zero-order chi connectivity index (χ0) is 43.3. The van der Waals surface area contributed by atoms with Gasteiger partial charge in [-0.05, 0) is 200 Å². The molecular formula is C53H72ClN3O3. The Morgan fingerprint density at radius 1 is 0.917 bits per heavy atom. The summed E-state index contributed by atoms with van der Waals surface area (Å²) in [5, 5.41) is 9.97. The second-order valence-electron chi connectivity index (χ2n) is 19.6. The number of ether oxygens (including phenoxy) is 2. The zero-order valence-corrected chi connectivity index (χ0v) is 38.4. The van der Waals surface area contributed by atoms with Gasteiger partial charge in [0.1, 0.15) is 18.0 Å². The standard InChI is InChI=1S/C53H72ClN3O3/c1-38(2)50(56-27-24-39(3)37-59-49-22-20-46(21-23-49)53(7,8)47-31-45(35-55)32-48(54)34-47)33-44-18-16-43(17-19-44)30-42-11-9-10-40(14-15-42)12-13-41-25-28-57(29-26-41)36-51(58)60-52(4,5)6/h10,20-24,27,31-32,34,41-44H,1,3,9,11-19,25-26,28-30,33,36-37H2,2,4-8H3/b27-24-,56-50?. The van der Waals surface area contributed by atoms with Gasteiger partial charge in [0.15, 0.2) is 0 Å². The lowest BCUT2D eigenvalue weighted by Crippen LogP contribution is -2.39. The number of nitrogens with zero attached hydrogens (tertiary/aromatic N) is 3. The van der Waals surface area contributed by atoms with E-state index in [-0.39, 0.29) is 11.4 Å². The summed E-state index contributed by atoms with van der Waals surface area (Å²) in [4.78, 5) is 19.4. The van der Waals surface area contributed by atoms with Crippen LogP contribution in [0, 0.1) is 35.0 Å². The molecule has 0 N–H and O–H groups in total. The van der Waals surface area contributed by atoms with E-state index >= 15 is 0 Å². The van der Waals surface area contributed by atoms with Crippen molar-refractivity contribution >= 4 is 23.3 Å². The summed E-state index contributed by atoms with van der Waals surface area (Å²) in [6, 6.07) is 15.8. The Morgan fingerprint density at radius 2 is 1.60 bits per heavy atom. The molecule has 7 heteroatoms. The van der Waals surface area contributed by atoms with Crippen molar-refractivity contribution in [2.24, 2.45) is 28.7 Å². The second kappa shape index (κ2) is 22.3. The van der Waals surface area contributed by atoms with E-state index in [2.05, 4.69) is 63.1 Å².